The summed E-state index contributed by atoms with van der Waals surface area (Å²) in [5, 5.41) is 12.7. The molecule has 3 aromatic rings. The van der Waals surface area contributed by atoms with Crippen LogP contribution in [0.4, 0.5) is 10.2 Å². The molecule has 0 bridgehead atoms. The fourth-order valence-corrected chi connectivity index (χ4v) is 4.46. The van der Waals surface area contributed by atoms with Crippen molar-refractivity contribution in [2.45, 2.75) is 24.5 Å². The Bertz CT molecular complexity index is 894. The van der Waals surface area contributed by atoms with Crippen molar-refractivity contribution in [3.63, 3.8) is 0 Å². The van der Waals surface area contributed by atoms with Crippen LogP contribution >= 0.6 is 23.4 Å². The summed E-state index contributed by atoms with van der Waals surface area (Å²) in [5.41, 5.74) is 1.60. The van der Waals surface area contributed by atoms with E-state index in [-0.39, 0.29) is 5.82 Å². The van der Waals surface area contributed by atoms with Gasteiger partial charge in [-0.15, -0.1) is 10.2 Å². The summed E-state index contributed by atoms with van der Waals surface area (Å²) in [6.45, 7) is 0.604. The SMILES string of the molecule is Fc1cccc(CCNc2nc(Cl)cn3c([C@@H]4CCCS4)nnc23)c1. The van der Waals surface area contributed by atoms with E-state index in [1.807, 2.05) is 22.2 Å². The second-order valence-corrected chi connectivity index (χ2v) is 7.67. The maximum absolute atomic E-state index is 13.3. The van der Waals surface area contributed by atoms with E-state index in [1.165, 1.54) is 18.6 Å². The number of aromatic nitrogens is 4. The van der Waals surface area contributed by atoms with Gasteiger partial charge in [0.25, 0.3) is 0 Å². The van der Waals surface area contributed by atoms with Gasteiger partial charge >= 0.3 is 0 Å². The molecule has 0 spiro atoms. The Morgan fingerprint density at radius 3 is 3.08 bits per heavy atom. The number of thioether (sulfide) groups is 1. The van der Waals surface area contributed by atoms with Crippen LogP contribution in [0.3, 0.4) is 0 Å². The normalized spacial score (nSPS) is 17.3. The highest BCUT2D eigenvalue weighted by atomic mass is 35.5. The van der Waals surface area contributed by atoms with Crippen LogP contribution in [0.5, 0.6) is 0 Å². The number of rotatable bonds is 5. The van der Waals surface area contributed by atoms with E-state index in [0.717, 1.165) is 23.6 Å². The molecule has 130 valence electrons. The van der Waals surface area contributed by atoms with E-state index in [2.05, 4.69) is 20.5 Å². The number of hydrogen-bond acceptors (Lipinski definition) is 5. The van der Waals surface area contributed by atoms with Gasteiger partial charge in [0, 0.05) is 12.7 Å². The smallest absolute Gasteiger partial charge is 0.203 e. The number of hydrogen-bond donors (Lipinski definition) is 1. The second kappa shape index (κ2) is 7.17. The molecule has 4 rings (SSSR count). The number of halogens is 2. The molecule has 1 atom stereocenters. The van der Waals surface area contributed by atoms with Crippen molar-refractivity contribution < 1.29 is 4.39 Å². The summed E-state index contributed by atoms with van der Waals surface area (Å²) in [6, 6.07) is 6.59. The van der Waals surface area contributed by atoms with Crippen LogP contribution in [0.1, 0.15) is 29.5 Å². The zero-order valence-electron chi connectivity index (χ0n) is 13.5. The van der Waals surface area contributed by atoms with Gasteiger partial charge in [0.05, 0.1) is 5.25 Å². The molecule has 0 unspecified atom stereocenters. The fraction of sp³-hybridized carbons (Fsp3) is 0.353. The Morgan fingerprint density at radius 1 is 1.36 bits per heavy atom. The van der Waals surface area contributed by atoms with Gasteiger partial charge in [0.15, 0.2) is 11.6 Å². The summed E-state index contributed by atoms with van der Waals surface area (Å²) in [5.74, 6) is 2.45. The van der Waals surface area contributed by atoms with Gasteiger partial charge in [-0.3, -0.25) is 4.40 Å². The highest BCUT2D eigenvalue weighted by molar-refractivity contribution is 7.99. The number of nitrogens with zero attached hydrogens (tertiary/aromatic N) is 4. The molecule has 0 amide bonds. The first-order chi connectivity index (χ1) is 12.2. The first-order valence-corrected chi connectivity index (χ1v) is 9.64. The van der Waals surface area contributed by atoms with E-state index in [0.29, 0.717) is 34.8 Å². The Morgan fingerprint density at radius 2 is 2.28 bits per heavy atom. The molecule has 2 aromatic heterocycles. The molecular formula is C17H17ClFN5S. The van der Waals surface area contributed by atoms with E-state index in [1.54, 1.807) is 12.3 Å². The average molecular weight is 378 g/mol. The molecule has 1 N–H and O–H groups in total. The van der Waals surface area contributed by atoms with Gasteiger partial charge in [-0.1, -0.05) is 23.7 Å². The third kappa shape index (κ3) is 3.57. The van der Waals surface area contributed by atoms with Crippen molar-refractivity contribution in [2.24, 2.45) is 0 Å². The van der Waals surface area contributed by atoms with Crippen molar-refractivity contribution in [3.05, 3.63) is 52.8 Å². The molecule has 8 heteroatoms. The van der Waals surface area contributed by atoms with Gasteiger partial charge in [-0.05, 0) is 42.7 Å². The zero-order valence-corrected chi connectivity index (χ0v) is 15.0. The van der Waals surface area contributed by atoms with E-state index < -0.39 is 0 Å². The van der Waals surface area contributed by atoms with E-state index in [9.17, 15) is 4.39 Å². The lowest BCUT2D eigenvalue weighted by atomic mass is 10.1. The molecule has 0 radical (unpaired) electrons. The lowest BCUT2D eigenvalue weighted by Gasteiger charge is -2.10. The largest absolute Gasteiger partial charge is 0.367 e. The highest BCUT2D eigenvalue weighted by Crippen LogP contribution is 2.39. The molecule has 25 heavy (non-hydrogen) atoms. The summed E-state index contributed by atoms with van der Waals surface area (Å²) in [7, 11) is 0. The van der Waals surface area contributed by atoms with E-state index in [4.69, 9.17) is 11.6 Å². The Kier molecular flexibility index (Phi) is 4.76. The quantitative estimate of drug-likeness (QED) is 0.724. The Labute approximate surface area is 154 Å². The van der Waals surface area contributed by atoms with Crippen LogP contribution in [-0.4, -0.2) is 31.9 Å². The van der Waals surface area contributed by atoms with Gasteiger partial charge in [-0.2, -0.15) is 11.8 Å². The lowest BCUT2D eigenvalue weighted by Crippen LogP contribution is -2.09. The maximum Gasteiger partial charge on any atom is 0.203 e. The molecule has 1 aliphatic heterocycles. The number of benzene rings is 1. The zero-order chi connectivity index (χ0) is 17.2. The third-order valence-electron chi connectivity index (χ3n) is 4.20. The Hall–Kier alpha value is -1.86. The van der Waals surface area contributed by atoms with Gasteiger partial charge < -0.3 is 5.32 Å². The van der Waals surface area contributed by atoms with Gasteiger partial charge in [0.2, 0.25) is 5.65 Å². The minimum atomic E-state index is -0.225. The van der Waals surface area contributed by atoms with Crippen LogP contribution in [0.25, 0.3) is 5.65 Å². The topological polar surface area (TPSA) is 55.1 Å². The molecule has 1 aromatic carbocycles. The van der Waals surface area contributed by atoms with Crippen molar-refractivity contribution in [1.82, 2.24) is 19.6 Å². The minimum Gasteiger partial charge on any atom is -0.367 e. The monoisotopic (exact) mass is 377 g/mol. The van der Waals surface area contributed by atoms with E-state index >= 15 is 0 Å². The van der Waals surface area contributed by atoms with Crippen LogP contribution in [-0.2, 0) is 6.42 Å². The summed E-state index contributed by atoms with van der Waals surface area (Å²) in [6.07, 6.45) is 4.75. The van der Waals surface area contributed by atoms with Gasteiger partial charge in [-0.25, -0.2) is 9.37 Å². The molecule has 1 saturated heterocycles. The molecular weight excluding hydrogens is 361 g/mol. The van der Waals surface area contributed by atoms with Crippen molar-refractivity contribution in [3.8, 4) is 0 Å². The van der Waals surface area contributed by atoms with Crippen LogP contribution in [0.2, 0.25) is 5.15 Å². The van der Waals surface area contributed by atoms with Gasteiger partial charge in [0.1, 0.15) is 11.0 Å². The lowest BCUT2D eigenvalue weighted by molar-refractivity contribution is 0.625. The summed E-state index contributed by atoms with van der Waals surface area (Å²) in [4.78, 5) is 4.34. The van der Waals surface area contributed by atoms with Crippen molar-refractivity contribution >= 4 is 34.8 Å². The third-order valence-corrected chi connectivity index (χ3v) is 5.76. The van der Waals surface area contributed by atoms with Crippen molar-refractivity contribution in [2.75, 3.05) is 17.6 Å². The molecule has 0 aliphatic carbocycles. The number of anilines is 1. The predicted octanol–water partition coefficient (Wildman–Crippen LogP) is 4.14. The fourth-order valence-electron chi connectivity index (χ4n) is 3.02. The first kappa shape index (κ1) is 16.6. The minimum absolute atomic E-state index is 0.225. The van der Waals surface area contributed by atoms with Crippen LogP contribution in [0, 0.1) is 5.82 Å². The average Bonchev–Trinajstić information content (AvgIpc) is 3.23. The number of fused-ring (bicyclic) bond motifs is 1. The summed E-state index contributed by atoms with van der Waals surface area (Å²) < 4.78 is 15.2. The van der Waals surface area contributed by atoms with Crippen LogP contribution < -0.4 is 5.32 Å². The highest BCUT2D eigenvalue weighted by Gasteiger charge is 2.24. The van der Waals surface area contributed by atoms with Crippen LogP contribution in [0.15, 0.2) is 30.5 Å². The molecule has 1 fully saturated rings. The Balaban J connectivity index is 1.55. The molecule has 1 aliphatic rings. The standard InChI is InChI=1S/C17H17ClFN5S/c18-14-10-24-16(13-5-2-8-25-13)22-23-17(24)15(21-14)20-7-6-11-3-1-4-12(19)9-11/h1,3-4,9-10,13H,2,5-8H2,(H,20,21)/t13-/m0/s1. The first-order valence-electron chi connectivity index (χ1n) is 8.22. The predicted molar refractivity (Wildman–Crippen MR) is 98.8 cm³/mol. The summed E-state index contributed by atoms with van der Waals surface area (Å²) >= 11 is 8.09. The molecule has 3 heterocycles. The second-order valence-electron chi connectivity index (χ2n) is 5.97. The van der Waals surface area contributed by atoms with Crippen molar-refractivity contribution in [1.29, 1.82) is 0 Å². The molecule has 0 saturated carbocycles. The number of nitrogens with one attached hydrogen (secondary N) is 1. The maximum atomic E-state index is 13.3. The molecule has 5 nitrogen and oxygen atoms in total.